The molecule has 4 aromatic rings. The number of nitrogens with zero attached hydrogens (tertiary/aromatic N) is 4. The normalized spacial score (nSPS) is 11.3. The van der Waals surface area contributed by atoms with Crippen molar-refractivity contribution in [2.45, 2.75) is 105 Å². The molecular formula is C36H48N4S4. The van der Waals surface area contributed by atoms with E-state index in [1.165, 1.54) is 55.5 Å². The van der Waals surface area contributed by atoms with E-state index in [0.717, 1.165) is 22.8 Å². The summed E-state index contributed by atoms with van der Waals surface area (Å²) in [5, 5.41) is 4.12. The molecule has 44 heavy (non-hydrogen) atoms. The van der Waals surface area contributed by atoms with Crippen molar-refractivity contribution >= 4 is 58.3 Å². The second-order valence-electron chi connectivity index (χ2n) is 14.1. The summed E-state index contributed by atoms with van der Waals surface area (Å²) in [5.74, 6) is 5.10. The van der Waals surface area contributed by atoms with Gasteiger partial charge in [-0.3, -0.25) is 0 Å². The van der Waals surface area contributed by atoms with E-state index in [-0.39, 0.29) is 21.7 Å². The summed E-state index contributed by atoms with van der Waals surface area (Å²) in [7, 11) is 0. The maximum Gasteiger partial charge on any atom is 0.130 e. The molecule has 0 fully saturated rings. The fraction of sp³-hybridized carbons (Fsp3) is 0.444. The lowest BCUT2D eigenvalue weighted by Crippen LogP contribution is -2.11. The first-order valence-corrected chi connectivity index (χ1v) is 17.4. The number of rotatable bonds is 2. The van der Waals surface area contributed by atoms with E-state index in [0.29, 0.717) is 0 Å². The molecule has 236 valence electrons. The highest BCUT2D eigenvalue weighted by atomic mass is 32.1. The molecule has 8 heteroatoms. The van der Waals surface area contributed by atoms with Gasteiger partial charge in [-0.15, -0.1) is 12.8 Å². The van der Waals surface area contributed by atoms with Crippen LogP contribution in [-0.4, -0.2) is 17.5 Å². The van der Waals surface area contributed by atoms with Crippen LogP contribution in [0.5, 0.6) is 0 Å². The lowest BCUT2D eigenvalue weighted by Gasteiger charge is -2.16. The van der Waals surface area contributed by atoms with Crippen LogP contribution >= 0.6 is 46.1 Å². The van der Waals surface area contributed by atoms with Gasteiger partial charge in [0.25, 0.3) is 0 Å². The third kappa shape index (κ3) is 12.6. The van der Waals surface area contributed by atoms with Crippen LogP contribution in [0.3, 0.4) is 0 Å². The van der Waals surface area contributed by atoms with Crippen LogP contribution < -0.4 is 0 Å². The zero-order chi connectivity index (χ0) is 33.9. The van der Waals surface area contributed by atoms with Crippen LogP contribution in [0, 0.1) is 24.7 Å². The SMILES string of the molecule is C#Cc1cc(C(C)(C)C)sn1.C#Cc1nscc1C(C)(C)C.C=Cc1cc(C(C)(C)C)sn1.C=Cc1nscc1C(C)(C)C. The molecule has 0 aliphatic heterocycles. The molecule has 0 atom stereocenters. The highest BCUT2D eigenvalue weighted by Crippen LogP contribution is 2.29. The van der Waals surface area contributed by atoms with Crippen molar-refractivity contribution < 1.29 is 0 Å². The Balaban J connectivity index is 0.000000293. The highest BCUT2D eigenvalue weighted by molar-refractivity contribution is 7.06. The van der Waals surface area contributed by atoms with E-state index in [1.54, 1.807) is 17.6 Å². The topological polar surface area (TPSA) is 51.6 Å². The average Bonchev–Trinajstić information content (AvgIpc) is 3.74. The van der Waals surface area contributed by atoms with E-state index in [4.69, 9.17) is 12.8 Å². The summed E-state index contributed by atoms with van der Waals surface area (Å²) < 4.78 is 16.7. The molecule has 0 spiro atoms. The quantitative estimate of drug-likeness (QED) is 0.200. The largest absolute Gasteiger partial charge is 0.193 e. The van der Waals surface area contributed by atoms with Crippen molar-refractivity contribution in [2.24, 2.45) is 0 Å². The van der Waals surface area contributed by atoms with Gasteiger partial charge in [-0.05, 0) is 109 Å². The maximum absolute atomic E-state index is 5.29. The highest BCUT2D eigenvalue weighted by Gasteiger charge is 2.20. The van der Waals surface area contributed by atoms with Gasteiger partial charge in [0.05, 0.1) is 11.4 Å². The number of aromatic nitrogens is 4. The van der Waals surface area contributed by atoms with E-state index in [9.17, 15) is 0 Å². The summed E-state index contributed by atoms with van der Waals surface area (Å²) in [6.45, 7) is 33.4. The van der Waals surface area contributed by atoms with Crippen LogP contribution in [0.4, 0.5) is 0 Å². The Bertz CT molecular complexity index is 1550. The van der Waals surface area contributed by atoms with Gasteiger partial charge in [0.2, 0.25) is 0 Å². The minimum absolute atomic E-state index is 0.120. The predicted molar refractivity (Wildman–Crippen MR) is 199 cm³/mol. The van der Waals surface area contributed by atoms with E-state index in [1.807, 2.05) is 17.5 Å². The third-order valence-electron chi connectivity index (χ3n) is 5.99. The van der Waals surface area contributed by atoms with Crippen LogP contribution in [-0.2, 0) is 21.7 Å². The molecule has 0 N–H and O–H groups in total. The standard InChI is InChI=1S/C9H13NS.C9H11NS.C9H13NS.C9H11NS/c2*1-5-8-7(6-11-10-8)9(2,3)4;2*1-5-7-6-8(11-10-7)9(2,3)4/h5-6H,1H2,2-4H3;1,6H,2-4H3;5-6H,1H2,2-4H3;1,6H,2-4H3. The minimum atomic E-state index is 0.120. The van der Waals surface area contributed by atoms with Gasteiger partial charge in [0.15, 0.2) is 0 Å². The Labute approximate surface area is 283 Å². The molecule has 4 aromatic heterocycles. The third-order valence-corrected chi connectivity index (χ3v) is 9.70. The zero-order valence-corrected chi connectivity index (χ0v) is 31.7. The van der Waals surface area contributed by atoms with Crippen molar-refractivity contribution in [3.8, 4) is 24.7 Å². The van der Waals surface area contributed by atoms with Crippen LogP contribution in [0.2, 0.25) is 0 Å². The number of hydrogen-bond donors (Lipinski definition) is 0. The van der Waals surface area contributed by atoms with E-state index in [2.05, 4.69) is 137 Å². The molecule has 0 aliphatic rings. The molecule has 4 rings (SSSR count). The van der Waals surface area contributed by atoms with Gasteiger partial charge >= 0.3 is 0 Å². The van der Waals surface area contributed by atoms with Crippen LogP contribution in [0.15, 0.2) is 36.1 Å². The van der Waals surface area contributed by atoms with Crippen molar-refractivity contribution in [1.29, 1.82) is 0 Å². The molecule has 0 unspecified atom stereocenters. The molecule has 0 aromatic carbocycles. The van der Waals surface area contributed by atoms with Gasteiger partial charge < -0.3 is 0 Å². The fourth-order valence-corrected chi connectivity index (χ4v) is 6.58. The van der Waals surface area contributed by atoms with Crippen molar-refractivity contribution in [2.75, 3.05) is 0 Å². The van der Waals surface area contributed by atoms with E-state index < -0.39 is 0 Å². The Morgan fingerprint density at radius 3 is 1.43 bits per heavy atom. The first-order valence-electron chi connectivity index (χ1n) is 14.2. The maximum atomic E-state index is 5.29. The molecule has 4 nitrogen and oxygen atoms in total. The number of terminal acetylenes is 2. The molecule has 0 bridgehead atoms. The number of hydrogen-bond acceptors (Lipinski definition) is 8. The zero-order valence-electron chi connectivity index (χ0n) is 28.5. The molecule has 0 amide bonds. The first kappa shape index (κ1) is 39.1. The smallest absolute Gasteiger partial charge is 0.130 e. The molecule has 0 saturated carbocycles. The van der Waals surface area contributed by atoms with Crippen LogP contribution in [0.1, 0.15) is 127 Å². The fourth-order valence-electron chi connectivity index (χ4n) is 3.26. The average molecular weight is 665 g/mol. The Kier molecular flexibility index (Phi) is 14.6. The summed E-state index contributed by atoms with van der Waals surface area (Å²) in [6.07, 6.45) is 14.1. The Hall–Kier alpha value is -2.88. The Morgan fingerprint density at radius 2 is 1.11 bits per heavy atom. The molecule has 0 radical (unpaired) electrons. The second-order valence-corrected chi connectivity index (χ2v) is 16.9. The summed E-state index contributed by atoms with van der Waals surface area (Å²) in [4.78, 5) is 2.55. The minimum Gasteiger partial charge on any atom is -0.193 e. The predicted octanol–water partition coefficient (Wildman–Crippen LogP) is 11.0. The molecule has 0 saturated heterocycles. The first-order chi connectivity index (χ1) is 20.2. The summed E-state index contributed by atoms with van der Waals surface area (Å²) in [5.41, 5.74) is 6.73. The van der Waals surface area contributed by atoms with Gasteiger partial charge in [-0.25, -0.2) is 0 Å². The Morgan fingerprint density at radius 1 is 0.614 bits per heavy atom. The van der Waals surface area contributed by atoms with Gasteiger partial charge in [-0.1, -0.05) is 96.2 Å². The van der Waals surface area contributed by atoms with Crippen molar-refractivity contribution in [3.63, 3.8) is 0 Å². The van der Waals surface area contributed by atoms with Gasteiger partial charge in [-0.2, -0.15) is 17.5 Å². The molecular weight excluding hydrogens is 617 g/mol. The monoisotopic (exact) mass is 664 g/mol. The van der Waals surface area contributed by atoms with E-state index >= 15 is 0 Å². The summed E-state index contributed by atoms with van der Waals surface area (Å²) >= 11 is 5.97. The lowest BCUT2D eigenvalue weighted by atomic mass is 9.88. The van der Waals surface area contributed by atoms with Crippen molar-refractivity contribution in [3.05, 3.63) is 79.7 Å². The second kappa shape index (κ2) is 16.4. The van der Waals surface area contributed by atoms with Crippen LogP contribution in [0.25, 0.3) is 12.2 Å². The lowest BCUT2D eigenvalue weighted by molar-refractivity contribution is 0.589. The molecule has 4 heterocycles. The summed E-state index contributed by atoms with van der Waals surface area (Å²) in [6, 6.07) is 4.07. The molecule has 0 aliphatic carbocycles. The van der Waals surface area contributed by atoms with Gasteiger partial charge in [0, 0.05) is 26.1 Å². The van der Waals surface area contributed by atoms with Crippen molar-refractivity contribution in [1.82, 2.24) is 17.5 Å². The van der Waals surface area contributed by atoms with Gasteiger partial charge in [0.1, 0.15) is 11.4 Å².